The number of benzene rings is 2. The van der Waals surface area contributed by atoms with E-state index in [1.165, 1.54) is 23.5 Å². The SMILES string of the molecule is O=C(Cc1ccccc1Cl)Nc1cccc(C2SCCCS2)c1. The number of nitrogens with one attached hydrogen (secondary N) is 1. The van der Waals surface area contributed by atoms with Gasteiger partial charge in [-0.05, 0) is 47.3 Å². The van der Waals surface area contributed by atoms with Crippen LogP contribution in [0, 0.1) is 0 Å². The van der Waals surface area contributed by atoms with Gasteiger partial charge in [0.2, 0.25) is 5.91 Å². The normalized spacial score (nSPS) is 15.3. The first-order chi connectivity index (χ1) is 11.2. The first-order valence-electron chi connectivity index (χ1n) is 7.59. The Morgan fingerprint density at radius 3 is 2.70 bits per heavy atom. The fourth-order valence-corrected chi connectivity index (χ4v) is 5.54. The summed E-state index contributed by atoms with van der Waals surface area (Å²) in [5.74, 6) is 2.38. The number of rotatable bonds is 4. The van der Waals surface area contributed by atoms with Crippen LogP contribution in [0.4, 0.5) is 5.69 Å². The van der Waals surface area contributed by atoms with Crippen molar-refractivity contribution in [3.8, 4) is 0 Å². The quantitative estimate of drug-likeness (QED) is 0.789. The van der Waals surface area contributed by atoms with Crippen LogP contribution < -0.4 is 5.32 Å². The molecule has 3 rings (SSSR count). The van der Waals surface area contributed by atoms with Gasteiger partial charge in [-0.1, -0.05) is 41.9 Å². The minimum absolute atomic E-state index is 0.0424. The van der Waals surface area contributed by atoms with Gasteiger partial charge in [0.1, 0.15) is 0 Å². The van der Waals surface area contributed by atoms with E-state index < -0.39 is 0 Å². The molecule has 0 radical (unpaired) electrons. The molecule has 0 saturated carbocycles. The molecule has 0 spiro atoms. The first-order valence-corrected chi connectivity index (χ1v) is 10.1. The maximum atomic E-state index is 12.2. The molecule has 0 atom stereocenters. The molecule has 1 N–H and O–H groups in total. The van der Waals surface area contributed by atoms with Crippen molar-refractivity contribution in [3.63, 3.8) is 0 Å². The van der Waals surface area contributed by atoms with Crippen LogP contribution in [-0.4, -0.2) is 17.4 Å². The third kappa shape index (κ3) is 4.69. The highest BCUT2D eigenvalue weighted by atomic mass is 35.5. The van der Waals surface area contributed by atoms with Crippen molar-refractivity contribution in [1.82, 2.24) is 0 Å². The first kappa shape index (κ1) is 16.7. The molecular weight excluding hydrogens is 346 g/mol. The van der Waals surface area contributed by atoms with Crippen molar-refractivity contribution >= 4 is 46.7 Å². The second-order valence-electron chi connectivity index (χ2n) is 5.37. The summed E-state index contributed by atoms with van der Waals surface area (Å²) in [5, 5.41) is 3.61. The van der Waals surface area contributed by atoms with E-state index in [1.807, 2.05) is 59.9 Å². The Balaban J connectivity index is 1.65. The van der Waals surface area contributed by atoms with E-state index in [0.717, 1.165) is 11.3 Å². The number of carbonyl (C=O) groups excluding carboxylic acids is 1. The standard InChI is InChI=1S/C18H18ClNOS2/c19-16-8-2-1-5-13(16)12-17(21)20-15-7-3-6-14(11-15)18-22-9-4-10-23-18/h1-3,5-8,11,18H,4,9-10,12H2,(H,20,21). The van der Waals surface area contributed by atoms with Crippen LogP contribution in [0.5, 0.6) is 0 Å². The van der Waals surface area contributed by atoms with Crippen molar-refractivity contribution < 1.29 is 4.79 Å². The van der Waals surface area contributed by atoms with Gasteiger partial charge in [0.25, 0.3) is 0 Å². The summed E-state index contributed by atoms with van der Waals surface area (Å²) in [6.07, 6.45) is 1.57. The number of halogens is 1. The molecule has 0 bridgehead atoms. The van der Waals surface area contributed by atoms with E-state index in [9.17, 15) is 4.79 Å². The van der Waals surface area contributed by atoms with Gasteiger partial charge in [-0.2, -0.15) is 0 Å². The smallest absolute Gasteiger partial charge is 0.228 e. The fourth-order valence-electron chi connectivity index (χ4n) is 2.46. The fraction of sp³-hybridized carbons (Fsp3) is 0.278. The van der Waals surface area contributed by atoms with E-state index in [1.54, 1.807) is 0 Å². The van der Waals surface area contributed by atoms with E-state index in [2.05, 4.69) is 17.4 Å². The molecule has 1 saturated heterocycles. The molecule has 120 valence electrons. The van der Waals surface area contributed by atoms with Crippen molar-refractivity contribution in [2.24, 2.45) is 0 Å². The summed E-state index contributed by atoms with van der Waals surface area (Å²) < 4.78 is 0.476. The van der Waals surface area contributed by atoms with Gasteiger partial charge in [-0.15, -0.1) is 23.5 Å². The van der Waals surface area contributed by atoms with Crippen LogP contribution in [0.25, 0.3) is 0 Å². The molecule has 0 aliphatic carbocycles. The maximum Gasteiger partial charge on any atom is 0.228 e. The molecule has 2 aromatic rings. The van der Waals surface area contributed by atoms with E-state index in [0.29, 0.717) is 9.60 Å². The molecular formula is C18H18ClNOS2. The second-order valence-corrected chi connectivity index (χ2v) is 8.50. The topological polar surface area (TPSA) is 29.1 Å². The number of thioether (sulfide) groups is 2. The minimum atomic E-state index is -0.0424. The number of amides is 1. The zero-order chi connectivity index (χ0) is 16.1. The van der Waals surface area contributed by atoms with Crippen molar-refractivity contribution in [3.05, 3.63) is 64.7 Å². The predicted molar refractivity (Wildman–Crippen MR) is 103 cm³/mol. The molecule has 5 heteroatoms. The second kappa shape index (κ2) is 8.13. The molecule has 1 amide bonds. The number of hydrogen-bond acceptors (Lipinski definition) is 3. The van der Waals surface area contributed by atoms with Crippen LogP contribution in [0.1, 0.15) is 22.1 Å². The Morgan fingerprint density at radius 2 is 1.91 bits per heavy atom. The monoisotopic (exact) mass is 363 g/mol. The largest absolute Gasteiger partial charge is 0.326 e. The highest BCUT2D eigenvalue weighted by Crippen LogP contribution is 2.44. The van der Waals surface area contributed by atoms with Crippen LogP contribution >= 0.6 is 35.1 Å². The summed E-state index contributed by atoms with van der Waals surface area (Å²) in [6, 6.07) is 15.6. The van der Waals surface area contributed by atoms with Gasteiger partial charge in [0.05, 0.1) is 11.0 Å². The third-order valence-corrected chi connectivity index (χ3v) is 6.96. The summed E-state index contributed by atoms with van der Waals surface area (Å²) >= 11 is 10.1. The van der Waals surface area contributed by atoms with Crippen LogP contribution in [0.15, 0.2) is 48.5 Å². The molecule has 2 aromatic carbocycles. The molecule has 2 nitrogen and oxygen atoms in total. The Morgan fingerprint density at radius 1 is 1.13 bits per heavy atom. The molecule has 0 aromatic heterocycles. The summed E-state index contributed by atoms with van der Waals surface area (Å²) in [7, 11) is 0. The van der Waals surface area contributed by atoms with Gasteiger partial charge in [0.15, 0.2) is 0 Å². The zero-order valence-electron chi connectivity index (χ0n) is 12.6. The lowest BCUT2D eigenvalue weighted by Crippen LogP contribution is -2.14. The molecule has 1 fully saturated rings. The molecule has 1 heterocycles. The lowest BCUT2D eigenvalue weighted by atomic mass is 10.1. The van der Waals surface area contributed by atoms with Gasteiger partial charge < -0.3 is 5.32 Å². The molecule has 1 aliphatic heterocycles. The number of hydrogen-bond donors (Lipinski definition) is 1. The predicted octanol–water partition coefficient (Wildman–Crippen LogP) is 5.39. The molecule has 0 unspecified atom stereocenters. The average molecular weight is 364 g/mol. The van der Waals surface area contributed by atoms with E-state index in [4.69, 9.17) is 11.6 Å². The summed E-state index contributed by atoms with van der Waals surface area (Å²) in [6.45, 7) is 0. The summed E-state index contributed by atoms with van der Waals surface area (Å²) in [4.78, 5) is 12.2. The summed E-state index contributed by atoms with van der Waals surface area (Å²) in [5.41, 5.74) is 2.97. The Labute approximate surface area is 150 Å². The van der Waals surface area contributed by atoms with E-state index >= 15 is 0 Å². The molecule has 23 heavy (non-hydrogen) atoms. The molecule has 1 aliphatic rings. The van der Waals surface area contributed by atoms with Gasteiger partial charge in [0, 0.05) is 10.7 Å². The van der Waals surface area contributed by atoms with Crippen LogP contribution in [0.3, 0.4) is 0 Å². The Bertz CT molecular complexity index is 686. The minimum Gasteiger partial charge on any atom is -0.326 e. The van der Waals surface area contributed by atoms with Gasteiger partial charge in [-0.3, -0.25) is 4.79 Å². The Hall–Kier alpha value is -1.10. The lowest BCUT2D eigenvalue weighted by Gasteiger charge is -2.21. The van der Waals surface area contributed by atoms with Gasteiger partial charge in [-0.25, -0.2) is 0 Å². The Kier molecular flexibility index (Phi) is 5.92. The average Bonchev–Trinajstić information content (AvgIpc) is 2.58. The maximum absolute atomic E-state index is 12.2. The van der Waals surface area contributed by atoms with Gasteiger partial charge >= 0.3 is 0 Å². The highest BCUT2D eigenvalue weighted by molar-refractivity contribution is 8.16. The van der Waals surface area contributed by atoms with Crippen molar-refractivity contribution in [1.29, 1.82) is 0 Å². The number of carbonyl (C=O) groups is 1. The van der Waals surface area contributed by atoms with E-state index in [-0.39, 0.29) is 12.3 Å². The van der Waals surface area contributed by atoms with Crippen molar-refractivity contribution in [2.45, 2.75) is 17.4 Å². The lowest BCUT2D eigenvalue weighted by molar-refractivity contribution is -0.115. The zero-order valence-corrected chi connectivity index (χ0v) is 15.0. The third-order valence-electron chi connectivity index (χ3n) is 3.58. The van der Waals surface area contributed by atoms with Crippen LogP contribution in [0.2, 0.25) is 5.02 Å². The highest BCUT2D eigenvalue weighted by Gasteiger charge is 2.17. The van der Waals surface area contributed by atoms with Crippen LogP contribution in [-0.2, 0) is 11.2 Å². The number of anilines is 1. The van der Waals surface area contributed by atoms with Crippen molar-refractivity contribution in [2.75, 3.05) is 16.8 Å².